The van der Waals surface area contributed by atoms with Gasteiger partial charge in [0.05, 0.1) is 0 Å². The van der Waals surface area contributed by atoms with E-state index >= 15 is 0 Å². The standard InChI is InChI=1S/C22H23F2NO2/c23-18-5-3-4-16(12-18)22(19-6-1-2-7-20(19)24)27-21(26)13-17-14-25-10-8-15(17)9-11-25/h1-7,12,15,17,22H,8-11,13-14H2/t17-,22?/m0/s1. The third-order valence-electron chi connectivity index (χ3n) is 5.81. The van der Waals surface area contributed by atoms with E-state index in [0.29, 0.717) is 17.9 Å². The number of hydrogen-bond acceptors (Lipinski definition) is 3. The normalized spacial score (nSPS) is 25.2. The Labute approximate surface area is 157 Å². The van der Waals surface area contributed by atoms with Crippen molar-refractivity contribution in [1.29, 1.82) is 0 Å². The molecule has 0 radical (unpaired) electrons. The first kappa shape index (κ1) is 18.1. The molecule has 1 unspecified atom stereocenters. The van der Waals surface area contributed by atoms with Gasteiger partial charge in [0.15, 0.2) is 6.10 Å². The predicted octanol–water partition coefficient (Wildman–Crippen LogP) is 4.33. The zero-order valence-corrected chi connectivity index (χ0v) is 15.1. The summed E-state index contributed by atoms with van der Waals surface area (Å²) in [4.78, 5) is 15.1. The Morgan fingerprint density at radius 2 is 1.89 bits per heavy atom. The highest BCUT2D eigenvalue weighted by atomic mass is 19.1. The summed E-state index contributed by atoms with van der Waals surface area (Å²) in [6.45, 7) is 3.14. The van der Waals surface area contributed by atoms with Gasteiger partial charge in [0.25, 0.3) is 0 Å². The maximum atomic E-state index is 14.4. The van der Waals surface area contributed by atoms with Gasteiger partial charge >= 0.3 is 5.97 Å². The van der Waals surface area contributed by atoms with Crippen molar-refractivity contribution < 1.29 is 18.3 Å². The quantitative estimate of drug-likeness (QED) is 0.733. The average molecular weight is 371 g/mol. The third kappa shape index (κ3) is 4.03. The largest absolute Gasteiger partial charge is 0.452 e. The molecule has 3 nitrogen and oxygen atoms in total. The molecule has 2 atom stereocenters. The molecule has 0 aliphatic carbocycles. The van der Waals surface area contributed by atoms with Crippen LogP contribution >= 0.6 is 0 Å². The second-order valence-corrected chi connectivity index (χ2v) is 7.55. The van der Waals surface area contributed by atoms with Crippen LogP contribution < -0.4 is 0 Å². The second-order valence-electron chi connectivity index (χ2n) is 7.55. The van der Waals surface area contributed by atoms with Crippen molar-refractivity contribution in [1.82, 2.24) is 4.90 Å². The summed E-state index contributed by atoms with van der Waals surface area (Å²) in [6.07, 6.45) is 1.62. The Balaban J connectivity index is 1.54. The van der Waals surface area contributed by atoms with Crippen LogP contribution in [0, 0.1) is 23.5 Å². The van der Waals surface area contributed by atoms with Crippen LogP contribution in [0.15, 0.2) is 48.5 Å². The first-order valence-electron chi connectivity index (χ1n) is 9.52. The highest BCUT2D eigenvalue weighted by Gasteiger charge is 2.36. The molecule has 0 saturated carbocycles. The maximum Gasteiger partial charge on any atom is 0.307 e. The summed E-state index contributed by atoms with van der Waals surface area (Å²) in [5, 5.41) is 0. The summed E-state index contributed by atoms with van der Waals surface area (Å²) in [5.41, 5.74) is 0.674. The van der Waals surface area contributed by atoms with Crippen LogP contribution in [0.2, 0.25) is 0 Å². The van der Waals surface area contributed by atoms with Gasteiger partial charge in [-0.1, -0.05) is 30.3 Å². The Bertz CT molecular complexity index is 817. The predicted molar refractivity (Wildman–Crippen MR) is 98.0 cm³/mol. The summed E-state index contributed by atoms with van der Waals surface area (Å²) in [7, 11) is 0. The number of ether oxygens (including phenoxy) is 1. The molecular weight excluding hydrogens is 348 g/mol. The van der Waals surface area contributed by atoms with Gasteiger partial charge in [-0.25, -0.2) is 8.78 Å². The van der Waals surface area contributed by atoms with E-state index in [-0.39, 0.29) is 17.5 Å². The smallest absolute Gasteiger partial charge is 0.307 e. The van der Waals surface area contributed by atoms with Gasteiger partial charge < -0.3 is 9.64 Å². The van der Waals surface area contributed by atoms with Crippen molar-refractivity contribution >= 4 is 5.97 Å². The summed E-state index contributed by atoms with van der Waals surface area (Å²) in [6, 6.07) is 12.0. The molecule has 2 aromatic carbocycles. The maximum absolute atomic E-state index is 14.4. The molecule has 27 heavy (non-hydrogen) atoms. The van der Waals surface area contributed by atoms with Crippen LogP contribution in [0.4, 0.5) is 8.78 Å². The molecule has 2 aromatic rings. The summed E-state index contributed by atoms with van der Waals surface area (Å²) >= 11 is 0. The highest BCUT2D eigenvalue weighted by Crippen LogP contribution is 2.35. The molecule has 3 saturated heterocycles. The van der Waals surface area contributed by atoms with E-state index in [4.69, 9.17) is 4.74 Å². The molecule has 0 N–H and O–H groups in total. The Morgan fingerprint density at radius 1 is 1.11 bits per heavy atom. The van der Waals surface area contributed by atoms with Crippen LogP contribution in [-0.2, 0) is 9.53 Å². The zero-order chi connectivity index (χ0) is 18.8. The van der Waals surface area contributed by atoms with Crippen LogP contribution in [0.25, 0.3) is 0 Å². The molecule has 5 heteroatoms. The average Bonchev–Trinajstić information content (AvgIpc) is 2.68. The molecule has 2 bridgehead atoms. The van der Waals surface area contributed by atoms with Gasteiger partial charge in [-0.05, 0) is 56.0 Å². The van der Waals surface area contributed by atoms with Crippen molar-refractivity contribution in [2.24, 2.45) is 11.8 Å². The number of nitrogens with zero attached hydrogens (tertiary/aromatic N) is 1. The van der Waals surface area contributed by atoms with Gasteiger partial charge in [-0.2, -0.15) is 0 Å². The van der Waals surface area contributed by atoms with Crippen LogP contribution in [0.5, 0.6) is 0 Å². The van der Waals surface area contributed by atoms with E-state index in [0.717, 1.165) is 32.5 Å². The van der Waals surface area contributed by atoms with Crippen molar-refractivity contribution in [3.8, 4) is 0 Å². The van der Waals surface area contributed by atoms with E-state index < -0.39 is 17.7 Å². The fourth-order valence-electron chi connectivity index (χ4n) is 4.38. The lowest BCUT2D eigenvalue weighted by atomic mass is 9.77. The van der Waals surface area contributed by atoms with Crippen molar-refractivity contribution in [2.75, 3.05) is 19.6 Å². The molecule has 3 aliphatic rings. The van der Waals surface area contributed by atoms with Gasteiger partial charge in [0.1, 0.15) is 11.6 Å². The molecule has 142 valence electrons. The lowest BCUT2D eigenvalue weighted by Crippen LogP contribution is -2.48. The van der Waals surface area contributed by atoms with E-state index in [1.807, 2.05) is 0 Å². The number of carbonyl (C=O) groups is 1. The molecule has 0 spiro atoms. The number of piperidine rings is 3. The van der Waals surface area contributed by atoms with E-state index in [1.54, 1.807) is 30.3 Å². The number of carbonyl (C=O) groups excluding carboxylic acids is 1. The number of hydrogen-bond donors (Lipinski definition) is 0. The van der Waals surface area contributed by atoms with Crippen molar-refractivity contribution in [2.45, 2.75) is 25.4 Å². The zero-order valence-electron chi connectivity index (χ0n) is 15.1. The van der Waals surface area contributed by atoms with Crippen LogP contribution in [0.3, 0.4) is 0 Å². The minimum absolute atomic E-state index is 0.241. The number of halogens is 2. The monoisotopic (exact) mass is 371 g/mol. The molecule has 0 amide bonds. The number of benzene rings is 2. The first-order chi connectivity index (χ1) is 13.1. The number of rotatable bonds is 5. The second kappa shape index (κ2) is 7.77. The van der Waals surface area contributed by atoms with Gasteiger partial charge in [-0.3, -0.25) is 4.79 Å². The fourth-order valence-corrected chi connectivity index (χ4v) is 4.38. The first-order valence-corrected chi connectivity index (χ1v) is 9.52. The lowest BCUT2D eigenvalue weighted by Gasteiger charge is -2.44. The molecule has 0 aromatic heterocycles. The molecule has 3 aliphatic heterocycles. The van der Waals surface area contributed by atoms with Crippen LogP contribution in [0.1, 0.15) is 36.5 Å². The summed E-state index contributed by atoms with van der Waals surface area (Å²) in [5.74, 6) is -0.423. The fraction of sp³-hybridized carbons (Fsp3) is 0.409. The Hall–Kier alpha value is -2.27. The SMILES string of the molecule is O=C(C[C@H]1CN2CCC1CC2)OC(c1cccc(F)c1)c1ccccc1F. The van der Waals surface area contributed by atoms with Gasteiger partial charge in [0.2, 0.25) is 0 Å². The van der Waals surface area contributed by atoms with E-state index in [1.165, 1.54) is 18.2 Å². The molecule has 3 heterocycles. The summed E-state index contributed by atoms with van der Waals surface area (Å²) < 4.78 is 33.8. The van der Waals surface area contributed by atoms with Crippen molar-refractivity contribution in [3.63, 3.8) is 0 Å². The Kier molecular flexibility index (Phi) is 5.21. The van der Waals surface area contributed by atoms with Gasteiger partial charge in [0, 0.05) is 24.1 Å². The number of fused-ring (bicyclic) bond motifs is 3. The van der Waals surface area contributed by atoms with Crippen molar-refractivity contribution in [3.05, 3.63) is 71.3 Å². The number of esters is 1. The minimum Gasteiger partial charge on any atom is -0.452 e. The van der Waals surface area contributed by atoms with E-state index in [2.05, 4.69) is 4.90 Å². The van der Waals surface area contributed by atoms with Gasteiger partial charge in [-0.15, -0.1) is 0 Å². The molecule has 3 fully saturated rings. The molecular formula is C22H23F2NO2. The molecule has 5 rings (SSSR count). The lowest BCUT2D eigenvalue weighted by molar-refractivity contribution is -0.150. The Morgan fingerprint density at radius 3 is 2.56 bits per heavy atom. The highest BCUT2D eigenvalue weighted by molar-refractivity contribution is 5.70. The van der Waals surface area contributed by atoms with E-state index in [9.17, 15) is 13.6 Å². The third-order valence-corrected chi connectivity index (χ3v) is 5.81. The topological polar surface area (TPSA) is 29.5 Å². The minimum atomic E-state index is -0.949. The van der Waals surface area contributed by atoms with Crippen LogP contribution in [-0.4, -0.2) is 30.5 Å².